The summed E-state index contributed by atoms with van der Waals surface area (Å²) in [4.78, 5) is 4.38. The molecule has 0 amide bonds. The van der Waals surface area contributed by atoms with Gasteiger partial charge in [-0.3, -0.25) is 0 Å². The second-order valence-corrected chi connectivity index (χ2v) is 4.24. The van der Waals surface area contributed by atoms with E-state index in [0.29, 0.717) is 0 Å². The lowest BCUT2D eigenvalue weighted by molar-refractivity contribution is 0.117. The molecule has 2 aromatic rings. The first-order chi connectivity index (χ1) is 8.24. The maximum atomic E-state index is 9.92. The van der Waals surface area contributed by atoms with E-state index >= 15 is 0 Å². The van der Waals surface area contributed by atoms with Gasteiger partial charge in [-0.2, -0.15) is 0 Å². The number of nitrogens with zero attached hydrogens (tertiary/aromatic N) is 2. The highest BCUT2D eigenvalue weighted by Gasteiger charge is 2.17. The summed E-state index contributed by atoms with van der Waals surface area (Å²) in [6, 6.07) is 10.1. The lowest BCUT2D eigenvalue weighted by Gasteiger charge is -2.21. The molecule has 90 valence electrons. The van der Waals surface area contributed by atoms with Crippen LogP contribution < -0.4 is 0 Å². The van der Waals surface area contributed by atoms with Gasteiger partial charge in [0.25, 0.3) is 0 Å². The van der Waals surface area contributed by atoms with Crippen molar-refractivity contribution in [1.82, 2.24) is 9.55 Å². The third kappa shape index (κ3) is 2.39. The van der Waals surface area contributed by atoms with Gasteiger partial charge in [-0.15, -0.1) is 0 Å². The minimum atomic E-state index is -0.341. The molecule has 1 heterocycles. The topological polar surface area (TPSA) is 38.0 Å². The van der Waals surface area contributed by atoms with Crippen LogP contribution in [0.1, 0.15) is 26.3 Å². The first-order valence-electron chi connectivity index (χ1n) is 6.00. The van der Waals surface area contributed by atoms with Crippen molar-refractivity contribution >= 4 is 0 Å². The molecular weight excluding hydrogens is 212 g/mol. The first-order valence-corrected chi connectivity index (χ1v) is 6.00. The van der Waals surface area contributed by atoms with Gasteiger partial charge in [-0.1, -0.05) is 37.3 Å². The van der Waals surface area contributed by atoms with E-state index in [1.54, 1.807) is 6.20 Å². The number of benzene rings is 1. The fourth-order valence-corrected chi connectivity index (χ4v) is 1.98. The van der Waals surface area contributed by atoms with Crippen molar-refractivity contribution < 1.29 is 5.11 Å². The molecule has 0 aliphatic heterocycles. The SMILES string of the molecule is CCC(O)C(C)n1ccnc1-c1ccccc1. The fourth-order valence-electron chi connectivity index (χ4n) is 1.98. The number of aliphatic hydroxyl groups excluding tert-OH is 1. The van der Waals surface area contributed by atoms with E-state index in [2.05, 4.69) is 4.98 Å². The van der Waals surface area contributed by atoms with E-state index in [-0.39, 0.29) is 12.1 Å². The molecule has 0 saturated heterocycles. The van der Waals surface area contributed by atoms with Crippen LogP contribution >= 0.6 is 0 Å². The lowest BCUT2D eigenvalue weighted by Crippen LogP contribution is -2.20. The molecule has 3 heteroatoms. The molecule has 0 saturated carbocycles. The zero-order valence-corrected chi connectivity index (χ0v) is 10.2. The van der Waals surface area contributed by atoms with Crippen LogP contribution in [-0.4, -0.2) is 20.8 Å². The van der Waals surface area contributed by atoms with E-state index in [1.807, 2.05) is 54.9 Å². The molecular formula is C14H18N2O. The van der Waals surface area contributed by atoms with Crippen LogP contribution in [0.5, 0.6) is 0 Å². The molecule has 0 bridgehead atoms. The molecule has 3 nitrogen and oxygen atoms in total. The van der Waals surface area contributed by atoms with E-state index in [1.165, 1.54) is 0 Å². The number of aromatic nitrogens is 2. The lowest BCUT2D eigenvalue weighted by atomic mass is 10.1. The van der Waals surface area contributed by atoms with Gasteiger partial charge in [-0.25, -0.2) is 4.98 Å². The van der Waals surface area contributed by atoms with E-state index in [9.17, 15) is 5.11 Å². The smallest absolute Gasteiger partial charge is 0.140 e. The number of hydrogen-bond donors (Lipinski definition) is 1. The molecule has 0 fully saturated rings. The van der Waals surface area contributed by atoms with Crippen LogP contribution in [0.3, 0.4) is 0 Å². The van der Waals surface area contributed by atoms with E-state index < -0.39 is 0 Å². The largest absolute Gasteiger partial charge is 0.391 e. The molecule has 1 aromatic heterocycles. The monoisotopic (exact) mass is 230 g/mol. The standard InChI is InChI=1S/C14H18N2O/c1-3-13(17)11(2)16-10-9-15-14(16)12-7-5-4-6-8-12/h4-11,13,17H,3H2,1-2H3. The number of imidazole rings is 1. The van der Waals surface area contributed by atoms with Crippen LogP contribution in [0.25, 0.3) is 11.4 Å². The van der Waals surface area contributed by atoms with Gasteiger partial charge in [0.1, 0.15) is 5.82 Å². The van der Waals surface area contributed by atoms with Crippen molar-refractivity contribution in [2.75, 3.05) is 0 Å². The van der Waals surface area contributed by atoms with Gasteiger partial charge in [0.05, 0.1) is 12.1 Å². The van der Waals surface area contributed by atoms with Crippen LogP contribution in [-0.2, 0) is 0 Å². The van der Waals surface area contributed by atoms with Gasteiger partial charge in [0.2, 0.25) is 0 Å². The Kier molecular flexibility index (Phi) is 3.59. The van der Waals surface area contributed by atoms with Crippen LogP contribution in [0.4, 0.5) is 0 Å². The molecule has 1 N–H and O–H groups in total. The predicted octanol–water partition coefficient (Wildman–Crippen LogP) is 2.88. The van der Waals surface area contributed by atoms with Crippen LogP contribution in [0.2, 0.25) is 0 Å². The van der Waals surface area contributed by atoms with E-state index in [4.69, 9.17) is 0 Å². The maximum Gasteiger partial charge on any atom is 0.140 e. The fraction of sp³-hybridized carbons (Fsp3) is 0.357. The van der Waals surface area contributed by atoms with Crippen molar-refractivity contribution in [3.8, 4) is 11.4 Å². The highest BCUT2D eigenvalue weighted by atomic mass is 16.3. The van der Waals surface area contributed by atoms with Crippen molar-refractivity contribution in [3.63, 3.8) is 0 Å². The Labute approximate surface area is 102 Å². The number of rotatable bonds is 4. The quantitative estimate of drug-likeness (QED) is 0.877. The molecule has 2 rings (SSSR count). The zero-order valence-electron chi connectivity index (χ0n) is 10.2. The molecule has 2 unspecified atom stereocenters. The summed E-state index contributed by atoms with van der Waals surface area (Å²) in [5, 5.41) is 9.92. The summed E-state index contributed by atoms with van der Waals surface area (Å²) in [6.45, 7) is 4.00. The summed E-state index contributed by atoms with van der Waals surface area (Å²) < 4.78 is 2.03. The summed E-state index contributed by atoms with van der Waals surface area (Å²) in [7, 11) is 0. The van der Waals surface area contributed by atoms with E-state index in [0.717, 1.165) is 17.8 Å². The average molecular weight is 230 g/mol. The van der Waals surface area contributed by atoms with Crippen LogP contribution in [0.15, 0.2) is 42.7 Å². The average Bonchev–Trinajstić information content (AvgIpc) is 2.87. The molecule has 0 aliphatic rings. The predicted molar refractivity (Wildman–Crippen MR) is 68.7 cm³/mol. The molecule has 0 aliphatic carbocycles. The molecule has 2 atom stereocenters. The molecule has 0 radical (unpaired) electrons. The third-order valence-corrected chi connectivity index (χ3v) is 3.11. The van der Waals surface area contributed by atoms with Gasteiger partial charge in [-0.05, 0) is 13.3 Å². The minimum absolute atomic E-state index is 0.0395. The van der Waals surface area contributed by atoms with Gasteiger partial charge < -0.3 is 9.67 Å². The van der Waals surface area contributed by atoms with Gasteiger partial charge in [0.15, 0.2) is 0 Å². The highest BCUT2D eigenvalue weighted by Crippen LogP contribution is 2.23. The summed E-state index contributed by atoms with van der Waals surface area (Å²) >= 11 is 0. The number of aliphatic hydroxyl groups is 1. The minimum Gasteiger partial charge on any atom is -0.391 e. The van der Waals surface area contributed by atoms with Crippen LogP contribution in [0, 0.1) is 0 Å². The zero-order chi connectivity index (χ0) is 12.3. The third-order valence-electron chi connectivity index (χ3n) is 3.11. The number of hydrogen-bond acceptors (Lipinski definition) is 2. The van der Waals surface area contributed by atoms with Crippen molar-refractivity contribution in [2.45, 2.75) is 32.4 Å². The maximum absolute atomic E-state index is 9.92. The van der Waals surface area contributed by atoms with Gasteiger partial charge >= 0.3 is 0 Å². The van der Waals surface area contributed by atoms with Crippen molar-refractivity contribution in [1.29, 1.82) is 0 Å². The summed E-state index contributed by atoms with van der Waals surface area (Å²) in [6.07, 6.45) is 4.10. The van der Waals surface area contributed by atoms with Crippen molar-refractivity contribution in [2.24, 2.45) is 0 Å². The Hall–Kier alpha value is -1.61. The molecule has 0 spiro atoms. The summed E-state index contributed by atoms with van der Waals surface area (Å²) in [5.74, 6) is 0.908. The second-order valence-electron chi connectivity index (χ2n) is 4.24. The Morgan fingerprint density at radius 3 is 2.65 bits per heavy atom. The highest BCUT2D eigenvalue weighted by molar-refractivity contribution is 5.55. The first kappa shape index (κ1) is 11.9. The Balaban J connectivity index is 2.35. The second kappa shape index (κ2) is 5.15. The Morgan fingerprint density at radius 2 is 2.00 bits per heavy atom. The Bertz CT molecular complexity index is 464. The van der Waals surface area contributed by atoms with Gasteiger partial charge in [0, 0.05) is 18.0 Å². The summed E-state index contributed by atoms with van der Waals surface area (Å²) in [5.41, 5.74) is 1.08. The van der Waals surface area contributed by atoms with Crippen molar-refractivity contribution in [3.05, 3.63) is 42.7 Å². The molecule has 17 heavy (non-hydrogen) atoms. The molecule has 1 aromatic carbocycles. The Morgan fingerprint density at radius 1 is 1.29 bits per heavy atom. The normalized spacial score (nSPS) is 14.5.